The Morgan fingerprint density at radius 1 is 1.16 bits per heavy atom. The van der Waals surface area contributed by atoms with Crippen LogP contribution in [0.2, 0.25) is 0 Å². The van der Waals surface area contributed by atoms with E-state index >= 15 is 0 Å². The third-order valence-corrected chi connectivity index (χ3v) is 3.73. The largest absolute Gasteiger partial charge is 0.507 e. The predicted octanol–water partition coefficient (Wildman–Crippen LogP) is 2.59. The highest BCUT2D eigenvalue weighted by Crippen LogP contribution is 2.36. The summed E-state index contributed by atoms with van der Waals surface area (Å²) in [5.74, 6) is 1.15. The van der Waals surface area contributed by atoms with Gasteiger partial charge in [0.1, 0.15) is 17.2 Å². The van der Waals surface area contributed by atoms with E-state index in [1.165, 1.54) is 6.07 Å². The van der Waals surface area contributed by atoms with Crippen molar-refractivity contribution in [3.63, 3.8) is 0 Å². The molecule has 0 atom stereocenters. The molecule has 0 unspecified atom stereocenters. The molecule has 0 bridgehead atoms. The van der Waals surface area contributed by atoms with Gasteiger partial charge in [0.15, 0.2) is 5.82 Å². The third-order valence-electron chi connectivity index (χ3n) is 3.73. The van der Waals surface area contributed by atoms with Gasteiger partial charge in [-0.3, -0.25) is 4.98 Å². The Labute approximate surface area is 145 Å². The van der Waals surface area contributed by atoms with Gasteiger partial charge in [0, 0.05) is 41.3 Å². The number of pyridine rings is 1. The van der Waals surface area contributed by atoms with E-state index in [0.717, 1.165) is 10.8 Å². The van der Waals surface area contributed by atoms with Crippen molar-refractivity contribution >= 4 is 16.6 Å². The Morgan fingerprint density at radius 2 is 1.96 bits per heavy atom. The van der Waals surface area contributed by atoms with E-state index in [1.54, 1.807) is 45.5 Å². The lowest BCUT2D eigenvalue weighted by Crippen LogP contribution is -2.29. The summed E-state index contributed by atoms with van der Waals surface area (Å²) in [7, 11) is 1.54. The summed E-state index contributed by atoms with van der Waals surface area (Å²) >= 11 is 0. The number of phenols is 1. The van der Waals surface area contributed by atoms with Crippen molar-refractivity contribution in [2.45, 2.75) is 19.4 Å². The van der Waals surface area contributed by atoms with Crippen LogP contribution in [0.1, 0.15) is 13.8 Å². The zero-order valence-corrected chi connectivity index (χ0v) is 14.3. The quantitative estimate of drug-likeness (QED) is 0.656. The lowest BCUT2D eigenvalue weighted by atomic mass is 10.0. The molecule has 0 aliphatic rings. The number of fused-ring (bicyclic) bond motifs is 1. The third kappa shape index (κ3) is 3.61. The minimum Gasteiger partial charge on any atom is -0.507 e. The fourth-order valence-corrected chi connectivity index (χ4v) is 2.47. The van der Waals surface area contributed by atoms with Gasteiger partial charge in [0.25, 0.3) is 0 Å². The number of nitrogens with one attached hydrogen (secondary N) is 1. The van der Waals surface area contributed by atoms with Crippen molar-refractivity contribution < 1.29 is 14.9 Å². The van der Waals surface area contributed by atoms with E-state index in [2.05, 4.69) is 20.5 Å². The van der Waals surface area contributed by atoms with E-state index in [9.17, 15) is 10.2 Å². The van der Waals surface area contributed by atoms with Gasteiger partial charge in [0.05, 0.1) is 12.7 Å². The smallest absolute Gasteiger partial charge is 0.158 e. The maximum atomic E-state index is 10.3. The summed E-state index contributed by atoms with van der Waals surface area (Å²) in [6.07, 6.45) is 3.34. The predicted molar refractivity (Wildman–Crippen MR) is 95.8 cm³/mol. The van der Waals surface area contributed by atoms with E-state index < -0.39 is 5.60 Å². The second-order valence-corrected chi connectivity index (χ2v) is 6.37. The fourth-order valence-electron chi connectivity index (χ4n) is 2.47. The van der Waals surface area contributed by atoms with Crippen LogP contribution in [0.15, 0.2) is 36.7 Å². The van der Waals surface area contributed by atoms with Crippen LogP contribution in [0.3, 0.4) is 0 Å². The first kappa shape index (κ1) is 16.9. The molecule has 3 aromatic rings. The number of aliphatic hydroxyl groups is 1. The molecule has 130 valence electrons. The number of benzene rings is 1. The molecule has 1 aromatic carbocycles. The van der Waals surface area contributed by atoms with Gasteiger partial charge < -0.3 is 20.3 Å². The van der Waals surface area contributed by atoms with Crippen LogP contribution in [0.4, 0.5) is 5.82 Å². The molecule has 2 heterocycles. The first-order chi connectivity index (χ1) is 11.9. The second kappa shape index (κ2) is 6.52. The Balaban J connectivity index is 2.09. The Kier molecular flexibility index (Phi) is 4.41. The molecular formula is C18H20N4O3. The molecule has 3 N–H and O–H groups in total. The van der Waals surface area contributed by atoms with E-state index in [4.69, 9.17) is 4.74 Å². The summed E-state index contributed by atoms with van der Waals surface area (Å²) in [6.45, 7) is 3.73. The van der Waals surface area contributed by atoms with Crippen molar-refractivity contribution in [3.8, 4) is 22.8 Å². The Hall–Kier alpha value is -2.93. The van der Waals surface area contributed by atoms with Gasteiger partial charge in [-0.1, -0.05) is 0 Å². The molecule has 2 aromatic heterocycles. The summed E-state index contributed by atoms with van der Waals surface area (Å²) in [4.78, 5) is 4.15. The maximum Gasteiger partial charge on any atom is 0.158 e. The van der Waals surface area contributed by atoms with Crippen LogP contribution >= 0.6 is 0 Å². The molecule has 0 amide bonds. The van der Waals surface area contributed by atoms with E-state index in [1.807, 2.05) is 6.07 Å². The Bertz CT molecular complexity index is 906. The number of anilines is 1. The van der Waals surface area contributed by atoms with Crippen molar-refractivity contribution in [1.82, 2.24) is 15.2 Å². The molecule has 0 spiro atoms. The SMILES string of the molecule is COc1ccc(-c2nnc(NCC(C)(C)O)c3cnccc23)c(O)c1. The van der Waals surface area contributed by atoms with Crippen LogP contribution < -0.4 is 10.1 Å². The number of hydrogen-bond acceptors (Lipinski definition) is 7. The number of phenolic OH excluding ortho intramolecular Hbond substituents is 1. The van der Waals surface area contributed by atoms with Crippen molar-refractivity contribution in [2.24, 2.45) is 0 Å². The number of aromatic hydroxyl groups is 1. The van der Waals surface area contributed by atoms with Crippen LogP contribution in [-0.2, 0) is 0 Å². The molecule has 0 saturated carbocycles. The normalized spacial score (nSPS) is 11.5. The van der Waals surface area contributed by atoms with Gasteiger partial charge >= 0.3 is 0 Å². The molecule has 7 nitrogen and oxygen atoms in total. The topological polar surface area (TPSA) is 100 Å². The zero-order chi connectivity index (χ0) is 18.0. The van der Waals surface area contributed by atoms with Crippen LogP contribution in [0.25, 0.3) is 22.0 Å². The van der Waals surface area contributed by atoms with Crippen LogP contribution in [0, 0.1) is 0 Å². The zero-order valence-electron chi connectivity index (χ0n) is 14.3. The van der Waals surface area contributed by atoms with Gasteiger partial charge in [-0.15, -0.1) is 10.2 Å². The highest BCUT2D eigenvalue weighted by molar-refractivity contribution is 6.00. The first-order valence-corrected chi connectivity index (χ1v) is 7.83. The molecule has 3 rings (SSSR count). The van der Waals surface area contributed by atoms with Gasteiger partial charge in [-0.05, 0) is 32.0 Å². The number of methoxy groups -OCH3 is 1. The molecule has 0 aliphatic heterocycles. The number of nitrogens with zero attached hydrogens (tertiary/aromatic N) is 3. The number of ether oxygens (including phenoxy) is 1. The number of aromatic nitrogens is 3. The van der Waals surface area contributed by atoms with E-state index in [-0.39, 0.29) is 5.75 Å². The van der Waals surface area contributed by atoms with Gasteiger partial charge in [0.2, 0.25) is 0 Å². The van der Waals surface area contributed by atoms with Crippen molar-refractivity contribution in [2.75, 3.05) is 19.0 Å². The minimum atomic E-state index is -0.886. The fraction of sp³-hybridized carbons (Fsp3) is 0.278. The highest BCUT2D eigenvalue weighted by Gasteiger charge is 2.17. The summed E-state index contributed by atoms with van der Waals surface area (Å²) in [5.41, 5.74) is 0.216. The summed E-state index contributed by atoms with van der Waals surface area (Å²) < 4.78 is 5.12. The van der Waals surface area contributed by atoms with Gasteiger partial charge in [-0.25, -0.2) is 0 Å². The first-order valence-electron chi connectivity index (χ1n) is 7.83. The maximum absolute atomic E-state index is 10.3. The monoisotopic (exact) mass is 340 g/mol. The Morgan fingerprint density at radius 3 is 2.64 bits per heavy atom. The van der Waals surface area contributed by atoms with Crippen molar-refractivity contribution in [3.05, 3.63) is 36.7 Å². The lowest BCUT2D eigenvalue weighted by Gasteiger charge is -2.19. The highest BCUT2D eigenvalue weighted by atomic mass is 16.5. The number of rotatable bonds is 5. The second-order valence-electron chi connectivity index (χ2n) is 6.37. The van der Waals surface area contributed by atoms with Gasteiger partial charge in [-0.2, -0.15) is 0 Å². The molecule has 0 radical (unpaired) electrons. The average molecular weight is 340 g/mol. The summed E-state index contributed by atoms with van der Waals surface area (Å²) in [6, 6.07) is 6.84. The molecule has 0 saturated heterocycles. The number of hydrogen-bond donors (Lipinski definition) is 3. The average Bonchev–Trinajstić information content (AvgIpc) is 2.59. The molecule has 25 heavy (non-hydrogen) atoms. The molecule has 7 heteroatoms. The van der Waals surface area contributed by atoms with Crippen molar-refractivity contribution in [1.29, 1.82) is 0 Å². The van der Waals surface area contributed by atoms with Crippen LogP contribution in [-0.4, -0.2) is 44.7 Å². The standard InChI is InChI=1S/C18H20N4O3/c1-18(2,24)10-20-17-14-9-19-7-6-12(14)16(21-22-17)13-5-4-11(25-3)8-15(13)23/h4-9,23-24H,10H2,1-3H3,(H,20,22). The minimum absolute atomic E-state index is 0.0592. The van der Waals surface area contributed by atoms with E-state index in [0.29, 0.717) is 29.4 Å². The van der Waals surface area contributed by atoms with Crippen LogP contribution in [0.5, 0.6) is 11.5 Å². The molecule has 0 fully saturated rings. The lowest BCUT2D eigenvalue weighted by molar-refractivity contribution is 0.0944. The molecule has 0 aliphatic carbocycles. The summed E-state index contributed by atoms with van der Waals surface area (Å²) in [5, 5.41) is 33.3. The molecular weight excluding hydrogens is 320 g/mol.